The summed E-state index contributed by atoms with van der Waals surface area (Å²) in [5.74, 6) is 1.55. The molecule has 0 fully saturated rings. The van der Waals surface area contributed by atoms with E-state index in [1.54, 1.807) is 33.5 Å². The lowest BCUT2D eigenvalue weighted by Crippen LogP contribution is -2.19. The number of nitrogens with two attached hydrogens (primary N) is 1. The van der Waals surface area contributed by atoms with Gasteiger partial charge in [-0.1, -0.05) is 23.7 Å². The third-order valence-electron chi connectivity index (χ3n) is 5.59. The average Bonchev–Trinajstić information content (AvgIpc) is 3.28. The average molecular weight is 502 g/mol. The number of anilines is 1. The van der Waals surface area contributed by atoms with Crippen LogP contribution in [-0.2, 0) is 10.0 Å². The van der Waals surface area contributed by atoms with Crippen LogP contribution in [0.1, 0.15) is 23.6 Å². The van der Waals surface area contributed by atoms with Crippen LogP contribution in [-0.4, -0.2) is 35.5 Å². The predicted molar refractivity (Wildman–Crippen MR) is 132 cm³/mol. The van der Waals surface area contributed by atoms with E-state index in [2.05, 4.69) is 0 Å². The number of ether oxygens (including phenoxy) is 3. The Bertz CT molecular complexity index is 1300. The van der Waals surface area contributed by atoms with Gasteiger partial charge in [0.25, 0.3) is 0 Å². The Morgan fingerprint density at radius 2 is 1.53 bits per heavy atom. The molecule has 3 aromatic carbocycles. The number of sulfonamides is 1. The van der Waals surface area contributed by atoms with Gasteiger partial charge in [-0.15, -0.1) is 0 Å². The summed E-state index contributed by atoms with van der Waals surface area (Å²) in [5, 5.41) is 12.6. The molecule has 1 aliphatic heterocycles. The van der Waals surface area contributed by atoms with Crippen molar-refractivity contribution in [1.82, 2.24) is 0 Å². The van der Waals surface area contributed by atoms with Gasteiger partial charge in [0, 0.05) is 11.4 Å². The zero-order valence-electron chi connectivity index (χ0n) is 18.9. The first-order valence-corrected chi connectivity index (χ1v) is 12.2. The number of hydrogen-bond donors (Lipinski definition) is 1. The fraction of sp³-hybridized carbons (Fsp3) is 0.208. The number of hydrogen-bond acceptors (Lipinski definition) is 7. The van der Waals surface area contributed by atoms with Crippen molar-refractivity contribution in [1.29, 1.82) is 0 Å². The van der Waals surface area contributed by atoms with Crippen molar-refractivity contribution in [3.63, 3.8) is 0 Å². The minimum atomic E-state index is -3.81. The van der Waals surface area contributed by atoms with Crippen molar-refractivity contribution < 1.29 is 22.6 Å². The zero-order chi connectivity index (χ0) is 24.5. The molecule has 3 aromatic rings. The SMILES string of the molecule is COc1cc(C2CC(c3ccc(Cl)cc3)=NN2c2ccc(S(N)(=O)=O)cc2)cc(OC)c1OC. The van der Waals surface area contributed by atoms with Gasteiger partial charge >= 0.3 is 0 Å². The molecule has 0 saturated carbocycles. The maximum atomic E-state index is 11.7. The van der Waals surface area contributed by atoms with Gasteiger partial charge < -0.3 is 14.2 Å². The lowest BCUT2D eigenvalue weighted by Gasteiger charge is -2.25. The lowest BCUT2D eigenvalue weighted by atomic mass is 9.97. The van der Waals surface area contributed by atoms with E-state index < -0.39 is 10.0 Å². The maximum absolute atomic E-state index is 11.7. The Morgan fingerprint density at radius 1 is 0.941 bits per heavy atom. The fourth-order valence-corrected chi connectivity index (χ4v) is 4.55. The molecule has 1 heterocycles. The highest BCUT2D eigenvalue weighted by Gasteiger charge is 2.32. The summed E-state index contributed by atoms with van der Waals surface area (Å²) in [6.07, 6.45) is 0.581. The predicted octanol–water partition coefficient (Wildman–Crippen LogP) is 4.37. The van der Waals surface area contributed by atoms with E-state index in [-0.39, 0.29) is 10.9 Å². The summed E-state index contributed by atoms with van der Waals surface area (Å²) >= 11 is 6.07. The molecule has 0 aliphatic carbocycles. The zero-order valence-corrected chi connectivity index (χ0v) is 20.4. The van der Waals surface area contributed by atoms with Crippen molar-refractivity contribution in [2.75, 3.05) is 26.3 Å². The normalized spacial score (nSPS) is 15.7. The maximum Gasteiger partial charge on any atom is 0.238 e. The third-order valence-corrected chi connectivity index (χ3v) is 6.77. The molecular weight excluding hydrogens is 478 g/mol. The summed E-state index contributed by atoms with van der Waals surface area (Å²) < 4.78 is 40.0. The second-order valence-corrected chi connectivity index (χ2v) is 9.61. The van der Waals surface area contributed by atoms with E-state index >= 15 is 0 Å². The van der Waals surface area contributed by atoms with Crippen LogP contribution in [0.2, 0.25) is 5.02 Å². The number of benzene rings is 3. The lowest BCUT2D eigenvalue weighted by molar-refractivity contribution is 0.323. The summed E-state index contributed by atoms with van der Waals surface area (Å²) in [6.45, 7) is 0. The van der Waals surface area contributed by atoms with E-state index in [9.17, 15) is 8.42 Å². The second-order valence-electron chi connectivity index (χ2n) is 7.62. The van der Waals surface area contributed by atoms with Gasteiger partial charge in [0.15, 0.2) is 11.5 Å². The largest absolute Gasteiger partial charge is 0.493 e. The molecule has 0 bridgehead atoms. The molecule has 0 radical (unpaired) electrons. The number of methoxy groups -OCH3 is 3. The Balaban J connectivity index is 1.81. The Morgan fingerprint density at radius 3 is 2.03 bits per heavy atom. The molecule has 178 valence electrons. The van der Waals surface area contributed by atoms with Crippen LogP contribution >= 0.6 is 11.6 Å². The summed E-state index contributed by atoms with van der Waals surface area (Å²) in [4.78, 5) is 0.0293. The van der Waals surface area contributed by atoms with Crippen LogP contribution in [0.4, 0.5) is 5.69 Å². The standard InChI is InChI=1S/C24H24ClN3O5S/c1-31-22-12-16(13-23(32-2)24(22)33-3)21-14-20(15-4-6-17(25)7-5-15)27-28(21)18-8-10-19(11-9-18)34(26,29)30/h4-13,21H,14H2,1-3H3,(H2,26,29,30). The van der Waals surface area contributed by atoms with Crippen LogP contribution < -0.4 is 24.4 Å². The molecule has 1 atom stereocenters. The first kappa shape index (κ1) is 23.9. The van der Waals surface area contributed by atoms with Crippen LogP contribution in [0.5, 0.6) is 17.2 Å². The molecule has 0 saturated heterocycles. The molecule has 0 aromatic heterocycles. The highest BCUT2D eigenvalue weighted by atomic mass is 35.5. The number of rotatable bonds is 7. The summed E-state index contributed by atoms with van der Waals surface area (Å²) in [7, 11) is 0.875. The topological polar surface area (TPSA) is 103 Å². The van der Waals surface area contributed by atoms with Crippen molar-refractivity contribution in [3.05, 3.63) is 76.8 Å². The van der Waals surface area contributed by atoms with Crippen molar-refractivity contribution in [2.24, 2.45) is 10.2 Å². The number of nitrogens with zero attached hydrogens (tertiary/aromatic N) is 2. The molecule has 0 amide bonds. The van der Waals surface area contributed by atoms with Gasteiger partial charge in [-0.25, -0.2) is 13.6 Å². The molecular formula is C24H24ClN3O5S. The third kappa shape index (κ3) is 4.68. The highest BCUT2D eigenvalue weighted by molar-refractivity contribution is 7.89. The molecule has 1 unspecified atom stereocenters. The molecule has 10 heteroatoms. The number of hydrazone groups is 1. The van der Waals surface area contributed by atoms with Gasteiger partial charge in [0.1, 0.15) is 0 Å². The Hall–Kier alpha value is -3.27. The molecule has 2 N–H and O–H groups in total. The Kier molecular flexibility index (Phi) is 6.70. The van der Waals surface area contributed by atoms with E-state index in [0.717, 1.165) is 16.8 Å². The minimum Gasteiger partial charge on any atom is -0.493 e. The molecule has 1 aliphatic rings. The molecule has 4 rings (SSSR count). The van der Waals surface area contributed by atoms with Crippen molar-refractivity contribution in [3.8, 4) is 17.2 Å². The van der Waals surface area contributed by atoms with E-state index in [4.69, 9.17) is 36.1 Å². The van der Waals surface area contributed by atoms with Crippen molar-refractivity contribution >= 4 is 33.0 Å². The monoisotopic (exact) mass is 501 g/mol. The van der Waals surface area contributed by atoms with Gasteiger partial charge in [0.05, 0.1) is 43.7 Å². The van der Waals surface area contributed by atoms with Crippen LogP contribution in [0, 0.1) is 0 Å². The van der Waals surface area contributed by atoms with Gasteiger partial charge in [-0.3, -0.25) is 5.01 Å². The summed E-state index contributed by atoms with van der Waals surface area (Å²) in [5.41, 5.74) is 3.38. The van der Waals surface area contributed by atoms with Gasteiger partial charge in [-0.2, -0.15) is 5.10 Å². The minimum absolute atomic E-state index is 0.0293. The highest BCUT2D eigenvalue weighted by Crippen LogP contribution is 2.44. The van der Waals surface area contributed by atoms with Gasteiger partial charge in [-0.05, 0) is 59.7 Å². The van der Waals surface area contributed by atoms with Crippen LogP contribution in [0.3, 0.4) is 0 Å². The first-order chi connectivity index (χ1) is 16.2. The van der Waals surface area contributed by atoms with Crippen LogP contribution in [0.25, 0.3) is 0 Å². The van der Waals surface area contributed by atoms with E-state index in [1.807, 2.05) is 41.4 Å². The number of primary sulfonamides is 1. The molecule has 34 heavy (non-hydrogen) atoms. The molecule has 0 spiro atoms. The first-order valence-electron chi connectivity index (χ1n) is 10.3. The smallest absolute Gasteiger partial charge is 0.238 e. The van der Waals surface area contributed by atoms with Gasteiger partial charge in [0.2, 0.25) is 15.8 Å². The number of halogens is 1. The van der Waals surface area contributed by atoms with Crippen molar-refractivity contribution in [2.45, 2.75) is 17.4 Å². The van der Waals surface area contributed by atoms with E-state index in [1.165, 1.54) is 12.1 Å². The fourth-order valence-electron chi connectivity index (χ4n) is 3.91. The van der Waals surface area contributed by atoms with Crippen LogP contribution in [0.15, 0.2) is 70.7 Å². The Labute approximate surface area is 203 Å². The van der Waals surface area contributed by atoms with E-state index in [0.29, 0.717) is 34.4 Å². The molecule has 8 nitrogen and oxygen atoms in total. The second kappa shape index (κ2) is 9.54. The quantitative estimate of drug-likeness (QED) is 0.515. The summed E-state index contributed by atoms with van der Waals surface area (Å²) in [6, 6.07) is 17.3.